The first-order valence-electron chi connectivity index (χ1n) is 6.64. The molecule has 104 valence electrons. The van der Waals surface area contributed by atoms with E-state index in [1.54, 1.807) is 6.20 Å². The lowest BCUT2D eigenvalue weighted by Crippen LogP contribution is -2.14. The molecular weight excluding hydrogens is 250 g/mol. The number of ketones is 1. The fraction of sp³-hybridized carbons (Fsp3) is 0.294. The standard InChI is InChI=1S/C17H19NO2/c1-11-7-12(2)17(13(3)8-11)16(19)10-20-15-6-5-14(4)18-9-15/h5-9H,10H2,1-4H3. The molecule has 0 amide bonds. The molecule has 0 aliphatic carbocycles. The van der Waals surface area contributed by atoms with Crippen LogP contribution in [0.3, 0.4) is 0 Å². The minimum absolute atomic E-state index is 0.000532. The Morgan fingerprint density at radius 1 is 1.10 bits per heavy atom. The lowest BCUT2D eigenvalue weighted by Gasteiger charge is -2.11. The van der Waals surface area contributed by atoms with E-state index in [1.165, 1.54) is 5.56 Å². The Bertz CT molecular complexity index is 607. The van der Waals surface area contributed by atoms with Crippen LogP contribution in [-0.4, -0.2) is 17.4 Å². The van der Waals surface area contributed by atoms with Crippen LogP contribution in [0, 0.1) is 27.7 Å². The van der Waals surface area contributed by atoms with Crippen molar-refractivity contribution in [3.63, 3.8) is 0 Å². The Morgan fingerprint density at radius 3 is 2.30 bits per heavy atom. The van der Waals surface area contributed by atoms with E-state index in [1.807, 2.05) is 52.0 Å². The Hall–Kier alpha value is -2.16. The van der Waals surface area contributed by atoms with Crippen molar-refractivity contribution < 1.29 is 9.53 Å². The van der Waals surface area contributed by atoms with E-state index in [4.69, 9.17) is 4.74 Å². The third-order valence-electron chi connectivity index (χ3n) is 3.21. The lowest BCUT2D eigenvalue weighted by molar-refractivity contribution is 0.0920. The zero-order chi connectivity index (χ0) is 14.7. The largest absolute Gasteiger partial charge is 0.484 e. The van der Waals surface area contributed by atoms with Crippen LogP contribution in [0.5, 0.6) is 5.75 Å². The van der Waals surface area contributed by atoms with Crippen molar-refractivity contribution in [2.75, 3.05) is 6.61 Å². The van der Waals surface area contributed by atoms with E-state index in [9.17, 15) is 4.79 Å². The summed E-state index contributed by atoms with van der Waals surface area (Å²) in [6, 6.07) is 7.73. The van der Waals surface area contributed by atoms with Crippen molar-refractivity contribution in [3.05, 3.63) is 58.4 Å². The highest BCUT2D eigenvalue weighted by Gasteiger charge is 2.13. The molecule has 2 aromatic rings. The van der Waals surface area contributed by atoms with Crippen LogP contribution in [-0.2, 0) is 0 Å². The first-order chi connectivity index (χ1) is 9.47. The summed E-state index contributed by atoms with van der Waals surface area (Å²) in [6.07, 6.45) is 1.64. The highest BCUT2D eigenvalue weighted by atomic mass is 16.5. The van der Waals surface area contributed by atoms with E-state index in [2.05, 4.69) is 4.98 Å². The van der Waals surface area contributed by atoms with Gasteiger partial charge in [-0.05, 0) is 51.0 Å². The topological polar surface area (TPSA) is 39.2 Å². The number of nitrogens with zero attached hydrogens (tertiary/aromatic N) is 1. The Kier molecular flexibility index (Phi) is 4.18. The average Bonchev–Trinajstić information content (AvgIpc) is 2.37. The van der Waals surface area contributed by atoms with E-state index < -0.39 is 0 Å². The number of pyridine rings is 1. The SMILES string of the molecule is Cc1cc(C)c(C(=O)COc2ccc(C)nc2)c(C)c1. The summed E-state index contributed by atoms with van der Waals surface area (Å²) >= 11 is 0. The van der Waals surface area contributed by atoms with Gasteiger partial charge in [-0.1, -0.05) is 17.7 Å². The molecule has 0 aliphatic heterocycles. The molecular formula is C17H19NO2. The Labute approximate surface area is 119 Å². The maximum absolute atomic E-state index is 12.3. The number of aromatic nitrogens is 1. The average molecular weight is 269 g/mol. The first kappa shape index (κ1) is 14.3. The molecule has 0 bridgehead atoms. The second-order valence-corrected chi connectivity index (χ2v) is 5.12. The normalized spacial score (nSPS) is 10.4. The van der Waals surface area contributed by atoms with Crippen LogP contribution in [0.2, 0.25) is 0 Å². The summed E-state index contributed by atoms with van der Waals surface area (Å²) in [5.41, 5.74) is 4.85. The number of benzene rings is 1. The zero-order valence-electron chi connectivity index (χ0n) is 12.4. The predicted molar refractivity (Wildman–Crippen MR) is 79.5 cm³/mol. The van der Waals surface area contributed by atoms with E-state index in [0.29, 0.717) is 5.75 Å². The van der Waals surface area contributed by atoms with Crippen molar-refractivity contribution in [1.82, 2.24) is 4.98 Å². The van der Waals surface area contributed by atoms with Crippen molar-refractivity contribution in [2.45, 2.75) is 27.7 Å². The minimum atomic E-state index is 0.000532. The molecule has 0 N–H and O–H groups in total. The molecule has 0 fully saturated rings. The van der Waals surface area contributed by atoms with Crippen molar-refractivity contribution in [3.8, 4) is 5.75 Å². The second-order valence-electron chi connectivity index (χ2n) is 5.12. The van der Waals surface area contributed by atoms with Crippen LogP contribution in [0.25, 0.3) is 0 Å². The third-order valence-corrected chi connectivity index (χ3v) is 3.21. The molecule has 0 saturated heterocycles. The third kappa shape index (κ3) is 3.23. The van der Waals surface area contributed by atoms with Gasteiger partial charge in [0.1, 0.15) is 5.75 Å². The fourth-order valence-electron chi connectivity index (χ4n) is 2.38. The van der Waals surface area contributed by atoms with Gasteiger partial charge in [0.05, 0.1) is 6.20 Å². The molecule has 3 nitrogen and oxygen atoms in total. The highest BCUT2D eigenvalue weighted by Crippen LogP contribution is 2.18. The van der Waals surface area contributed by atoms with Gasteiger partial charge in [-0.15, -0.1) is 0 Å². The van der Waals surface area contributed by atoms with Crippen LogP contribution >= 0.6 is 0 Å². The molecule has 20 heavy (non-hydrogen) atoms. The van der Waals surface area contributed by atoms with Crippen molar-refractivity contribution in [1.29, 1.82) is 0 Å². The maximum atomic E-state index is 12.3. The number of carbonyl (C=O) groups excluding carboxylic acids is 1. The number of hydrogen-bond acceptors (Lipinski definition) is 3. The van der Waals surface area contributed by atoms with Gasteiger partial charge < -0.3 is 4.74 Å². The van der Waals surface area contributed by atoms with Gasteiger partial charge in [0.25, 0.3) is 0 Å². The van der Waals surface area contributed by atoms with E-state index in [-0.39, 0.29) is 12.4 Å². The summed E-state index contributed by atoms with van der Waals surface area (Å²) in [7, 11) is 0. The molecule has 0 saturated carbocycles. The van der Waals surface area contributed by atoms with Gasteiger partial charge in [-0.25, -0.2) is 0 Å². The Morgan fingerprint density at radius 2 is 1.75 bits per heavy atom. The van der Waals surface area contributed by atoms with Crippen LogP contribution in [0.4, 0.5) is 0 Å². The summed E-state index contributed by atoms with van der Waals surface area (Å²) in [5, 5.41) is 0. The number of rotatable bonds is 4. The first-order valence-corrected chi connectivity index (χ1v) is 6.64. The quantitative estimate of drug-likeness (QED) is 0.796. The summed E-state index contributed by atoms with van der Waals surface area (Å²) in [5.74, 6) is 0.618. The minimum Gasteiger partial charge on any atom is -0.484 e. The smallest absolute Gasteiger partial charge is 0.200 e. The summed E-state index contributed by atoms with van der Waals surface area (Å²) in [6.45, 7) is 7.90. The van der Waals surface area contributed by atoms with Gasteiger partial charge in [0.2, 0.25) is 5.78 Å². The lowest BCUT2D eigenvalue weighted by atomic mass is 9.97. The highest BCUT2D eigenvalue weighted by molar-refractivity contribution is 6.00. The summed E-state index contributed by atoms with van der Waals surface area (Å²) in [4.78, 5) is 16.4. The van der Waals surface area contributed by atoms with Gasteiger partial charge in [-0.3, -0.25) is 9.78 Å². The molecule has 0 spiro atoms. The van der Waals surface area contributed by atoms with Crippen LogP contribution in [0.15, 0.2) is 30.5 Å². The maximum Gasteiger partial charge on any atom is 0.200 e. The Balaban J connectivity index is 2.11. The molecule has 1 heterocycles. The predicted octanol–water partition coefficient (Wildman–Crippen LogP) is 3.58. The number of ether oxygens (including phenoxy) is 1. The zero-order valence-corrected chi connectivity index (χ0v) is 12.4. The van der Waals surface area contributed by atoms with E-state index in [0.717, 1.165) is 22.4 Å². The van der Waals surface area contributed by atoms with Gasteiger partial charge in [0.15, 0.2) is 6.61 Å². The second kappa shape index (κ2) is 5.87. The molecule has 0 radical (unpaired) electrons. The van der Waals surface area contributed by atoms with Crippen molar-refractivity contribution >= 4 is 5.78 Å². The fourth-order valence-corrected chi connectivity index (χ4v) is 2.38. The summed E-state index contributed by atoms with van der Waals surface area (Å²) < 4.78 is 5.51. The van der Waals surface area contributed by atoms with Crippen LogP contribution in [0.1, 0.15) is 32.7 Å². The van der Waals surface area contributed by atoms with Crippen LogP contribution < -0.4 is 4.74 Å². The van der Waals surface area contributed by atoms with Gasteiger partial charge in [0, 0.05) is 11.3 Å². The number of Topliss-reactive ketones (excluding diaryl/α,β-unsaturated/α-hetero) is 1. The molecule has 1 aromatic carbocycles. The molecule has 0 aliphatic rings. The van der Waals surface area contributed by atoms with Crippen molar-refractivity contribution in [2.24, 2.45) is 0 Å². The molecule has 0 atom stereocenters. The van der Waals surface area contributed by atoms with Gasteiger partial charge in [-0.2, -0.15) is 0 Å². The number of aryl methyl sites for hydroxylation is 4. The number of carbonyl (C=O) groups is 1. The van der Waals surface area contributed by atoms with E-state index >= 15 is 0 Å². The molecule has 2 rings (SSSR count). The monoisotopic (exact) mass is 269 g/mol. The molecule has 1 aromatic heterocycles. The molecule has 3 heteroatoms. The molecule has 0 unspecified atom stereocenters. The number of hydrogen-bond donors (Lipinski definition) is 0. The van der Waals surface area contributed by atoms with Gasteiger partial charge >= 0.3 is 0 Å².